The Morgan fingerprint density at radius 3 is 2.52 bits per heavy atom. The lowest BCUT2D eigenvalue weighted by atomic mass is 9.83. The topological polar surface area (TPSA) is 121 Å². The van der Waals surface area contributed by atoms with Crippen LogP contribution in [0.25, 0.3) is 0 Å². The maximum absolute atomic E-state index is 13.5. The van der Waals surface area contributed by atoms with Crippen molar-refractivity contribution in [2.45, 2.75) is 99.2 Å². The number of aliphatic hydroxyl groups excluding tert-OH is 2. The van der Waals surface area contributed by atoms with Crippen LogP contribution in [-0.4, -0.2) is 100 Å². The summed E-state index contributed by atoms with van der Waals surface area (Å²) in [5.41, 5.74) is 2.04. The summed E-state index contributed by atoms with van der Waals surface area (Å²) in [4.78, 5) is 0.240. The summed E-state index contributed by atoms with van der Waals surface area (Å²) in [6.45, 7) is 15.0. The minimum atomic E-state index is -3.66. The SMILES string of the molecule is C=CCOCC=C[C@H]1CC(=C)[C@H](CC[C@H]2C[C@@H](C)C(=C)[C@@H](C[C@@H]3O[C@H](CC(O)CO)[C@H](OC)[C@H]3CS(=O)(=O)c3ccccc3)O2)O1. The number of benzene rings is 1. The van der Waals surface area contributed by atoms with Crippen LogP contribution < -0.4 is 0 Å². The Balaban J connectivity index is 1.42. The number of hydrogen-bond donors (Lipinski definition) is 2. The Hall–Kier alpha value is -2.15. The van der Waals surface area contributed by atoms with Gasteiger partial charge in [-0.2, -0.15) is 0 Å². The molecule has 10 atom stereocenters. The van der Waals surface area contributed by atoms with Crippen molar-refractivity contribution in [1.82, 2.24) is 0 Å². The monoisotopic (exact) mass is 660 g/mol. The van der Waals surface area contributed by atoms with Gasteiger partial charge in [0.25, 0.3) is 0 Å². The first-order valence-electron chi connectivity index (χ1n) is 16.3. The van der Waals surface area contributed by atoms with Crippen LogP contribution >= 0.6 is 0 Å². The summed E-state index contributed by atoms with van der Waals surface area (Å²) in [7, 11) is -2.14. The lowest BCUT2D eigenvalue weighted by Crippen LogP contribution is -2.40. The molecule has 3 fully saturated rings. The van der Waals surface area contributed by atoms with Crippen LogP contribution in [0.4, 0.5) is 0 Å². The van der Waals surface area contributed by atoms with Crippen molar-refractivity contribution in [3.8, 4) is 0 Å². The highest BCUT2D eigenvalue weighted by Gasteiger charge is 2.49. The van der Waals surface area contributed by atoms with Gasteiger partial charge in [-0.25, -0.2) is 8.42 Å². The summed E-state index contributed by atoms with van der Waals surface area (Å²) in [5.74, 6) is -0.484. The number of hydrogen-bond acceptors (Lipinski definition) is 9. The first kappa shape index (κ1) is 36.7. The van der Waals surface area contributed by atoms with Gasteiger partial charge in [0.15, 0.2) is 9.84 Å². The molecule has 0 aliphatic carbocycles. The average Bonchev–Trinajstić information content (AvgIpc) is 3.55. The fourth-order valence-corrected chi connectivity index (χ4v) is 8.57. The first-order chi connectivity index (χ1) is 22.1. The van der Waals surface area contributed by atoms with Gasteiger partial charge in [-0.15, -0.1) is 6.58 Å². The van der Waals surface area contributed by atoms with Gasteiger partial charge in [0.1, 0.15) is 0 Å². The molecule has 0 amide bonds. The second-order valence-electron chi connectivity index (χ2n) is 12.8. The molecule has 46 heavy (non-hydrogen) atoms. The molecule has 0 radical (unpaired) electrons. The molecule has 0 aromatic heterocycles. The quantitative estimate of drug-likeness (QED) is 0.183. The molecule has 256 valence electrons. The van der Waals surface area contributed by atoms with Crippen LogP contribution in [0.3, 0.4) is 0 Å². The number of ether oxygens (including phenoxy) is 5. The number of sulfone groups is 1. The van der Waals surface area contributed by atoms with E-state index in [2.05, 4.69) is 26.7 Å². The highest BCUT2D eigenvalue weighted by Crippen LogP contribution is 2.41. The molecule has 4 rings (SSSR count). The van der Waals surface area contributed by atoms with Gasteiger partial charge >= 0.3 is 0 Å². The van der Waals surface area contributed by atoms with Crippen LogP contribution in [0.2, 0.25) is 0 Å². The third-order valence-electron chi connectivity index (χ3n) is 9.39. The Morgan fingerprint density at radius 2 is 1.83 bits per heavy atom. The van der Waals surface area contributed by atoms with E-state index >= 15 is 0 Å². The normalized spacial score (nSPS) is 32.7. The first-order valence-corrected chi connectivity index (χ1v) is 18.0. The van der Waals surface area contributed by atoms with Gasteiger partial charge in [0, 0.05) is 32.3 Å². The lowest BCUT2D eigenvalue weighted by molar-refractivity contribution is -0.0785. The minimum Gasteiger partial charge on any atom is -0.394 e. The Morgan fingerprint density at radius 1 is 1.07 bits per heavy atom. The summed E-state index contributed by atoms with van der Waals surface area (Å²) in [6.07, 6.45) is 6.34. The standard InChI is InChI=1S/C36H52O9S/c1-6-16-42-17-10-11-28-19-25(3)32(43-28)15-14-29-18-24(2)26(4)33(44-29)21-34-31(23-46(39,40)30-12-8-7-9-13-30)36(41-5)35(45-34)20-27(38)22-37/h6-13,24,27-29,31-38H,1,3-4,14-23H2,2,5H3/t24-,27?,28+,29+,31+,32+,33-,34+,35-,36-/m1/s1. The Labute approximate surface area is 274 Å². The van der Waals surface area contributed by atoms with Crippen LogP contribution in [0, 0.1) is 11.8 Å². The maximum atomic E-state index is 13.5. The molecule has 9 nitrogen and oxygen atoms in total. The highest BCUT2D eigenvalue weighted by molar-refractivity contribution is 7.91. The molecule has 2 N–H and O–H groups in total. The molecule has 1 aromatic carbocycles. The van der Waals surface area contributed by atoms with E-state index < -0.39 is 46.8 Å². The van der Waals surface area contributed by atoms with Crippen molar-refractivity contribution in [3.05, 3.63) is 79.4 Å². The number of aliphatic hydroxyl groups is 2. The average molecular weight is 661 g/mol. The van der Waals surface area contributed by atoms with Crippen molar-refractivity contribution < 1.29 is 42.3 Å². The van der Waals surface area contributed by atoms with Crippen molar-refractivity contribution >= 4 is 9.84 Å². The minimum absolute atomic E-state index is 0.0156. The molecular weight excluding hydrogens is 608 g/mol. The largest absolute Gasteiger partial charge is 0.394 e. The molecule has 0 spiro atoms. The van der Waals surface area contributed by atoms with E-state index in [0.29, 0.717) is 19.6 Å². The molecule has 3 aliphatic heterocycles. The zero-order chi connectivity index (χ0) is 33.3. The van der Waals surface area contributed by atoms with Gasteiger partial charge < -0.3 is 33.9 Å². The molecule has 0 bridgehead atoms. The van der Waals surface area contributed by atoms with Crippen molar-refractivity contribution in [1.29, 1.82) is 0 Å². The van der Waals surface area contributed by atoms with Gasteiger partial charge in [0.05, 0.1) is 79.3 Å². The predicted molar refractivity (Wildman–Crippen MR) is 177 cm³/mol. The lowest BCUT2D eigenvalue weighted by Gasteiger charge is -2.38. The Kier molecular flexibility index (Phi) is 13.8. The number of methoxy groups -OCH3 is 1. The van der Waals surface area contributed by atoms with E-state index in [4.69, 9.17) is 23.7 Å². The molecule has 10 heteroatoms. The summed E-state index contributed by atoms with van der Waals surface area (Å²) >= 11 is 0. The molecule has 1 unspecified atom stereocenters. The third kappa shape index (κ3) is 9.70. The zero-order valence-corrected chi connectivity index (χ0v) is 28.1. The second kappa shape index (κ2) is 17.3. The second-order valence-corrected chi connectivity index (χ2v) is 14.8. The number of rotatable bonds is 17. The van der Waals surface area contributed by atoms with Crippen molar-refractivity contribution in [2.24, 2.45) is 11.8 Å². The van der Waals surface area contributed by atoms with Crippen LogP contribution in [0.1, 0.15) is 45.4 Å². The summed E-state index contributed by atoms with van der Waals surface area (Å²) < 4.78 is 57.6. The molecule has 1 aromatic rings. The summed E-state index contributed by atoms with van der Waals surface area (Å²) in [6, 6.07) is 8.37. The zero-order valence-electron chi connectivity index (χ0n) is 27.2. The van der Waals surface area contributed by atoms with E-state index in [1.165, 1.54) is 7.11 Å². The molecule has 3 heterocycles. The van der Waals surface area contributed by atoms with Gasteiger partial charge in [-0.05, 0) is 48.5 Å². The van der Waals surface area contributed by atoms with E-state index in [9.17, 15) is 18.6 Å². The van der Waals surface area contributed by atoms with Gasteiger partial charge in [-0.1, -0.05) is 56.5 Å². The van der Waals surface area contributed by atoms with E-state index in [-0.39, 0.29) is 47.4 Å². The van der Waals surface area contributed by atoms with Crippen molar-refractivity contribution in [3.63, 3.8) is 0 Å². The third-order valence-corrected chi connectivity index (χ3v) is 11.2. The molecular formula is C36H52O9S. The fourth-order valence-electron chi connectivity index (χ4n) is 6.90. The van der Waals surface area contributed by atoms with E-state index in [1.54, 1.807) is 36.4 Å². The van der Waals surface area contributed by atoms with Crippen molar-refractivity contribution in [2.75, 3.05) is 32.7 Å². The summed E-state index contributed by atoms with van der Waals surface area (Å²) in [5, 5.41) is 19.7. The Bertz CT molecular complexity index is 1280. The van der Waals surface area contributed by atoms with Gasteiger partial charge in [0.2, 0.25) is 0 Å². The van der Waals surface area contributed by atoms with Crippen LogP contribution in [0.5, 0.6) is 0 Å². The predicted octanol–water partition coefficient (Wildman–Crippen LogP) is 4.59. The molecule has 3 saturated heterocycles. The van der Waals surface area contributed by atoms with Crippen LogP contribution in [0.15, 0.2) is 84.3 Å². The highest BCUT2D eigenvalue weighted by atomic mass is 32.2. The van der Waals surface area contributed by atoms with Gasteiger partial charge in [-0.3, -0.25) is 0 Å². The van der Waals surface area contributed by atoms with E-state index in [0.717, 1.165) is 36.8 Å². The molecule has 0 saturated carbocycles. The smallest absolute Gasteiger partial charge is 0.178 e. The fraction of sp³-hybridized carbons (Fsp3) is 0.611. The molecule has 3 aliphatic rings. The van der Waals surface area contributed by atoms with Crippen LogP contribution in [-0.2, 0) is 33.5 Å². The van der Waals surface area contributed by atoms with E-state index in [1.807, 2.05) is 12.2 Å². The maximum Gasteiger partial charge on any atom is 0.178 e.